The zero-order valence-electron chi connectivity index (χ0n) is 10.2. The number of carbonyl (C=O) groups excluding carboxylic acids is 1. The van der Waals surface area contributed by atoms with E-state index in [0.717, 1.165) is 18.8 Å². The van der Waals surface area contributed by atoms with Crippen LogP contribution in [0.2, 0.25) is 0 Å². The number of H-pyrrole nitrogens is 1. The average molecular weight is 235 g/mol. The minimum absolute atomic E-state index is 0.167. The van der Waals surface area contributed by atoms with Crippen molar-refractivity contribution >= 4 is 5.91 Å². The van der Waals surface area contributed by atoms with Crippen molar-refractivity contribution in [3.63, 3.8) is 0 Å². The molecule has 1 aromatic rings. The highest BCUT2D eigenvalue weighted by Gasteiger charge is 2.22. The lowest BCUT2D eigenvalue weighted by molar-refractivity contribution is 0.0662. The molecule has 0 radical (unpaired) electrons. The molecule has 1 fully saturated rings. The number of carbonyl (C=O) groups is 1. The normalized spacial score (nSPS) is 17.2. The first-order valence-electron chi connectivity index (χ1n) is 5.75. The standard InChI is InChI=1S/C12H17N3O2/c1-9-3-4-10(11(16)13-9)12(17)15-7-5-14(2)6-8-15/h3-4H,5-8H2,1-2H3,(H,13,16). The monoisotopic (exact) mass is 235 g/mol. The molecule has 1 N–H and O–H groups in total. The second kappa shape index (κ2) is 4.71. The van der Waals surface area contributed by atoms with Crippen molar-refractivity contribution in [2.45, 2.75) is 6.92 Å². The summed E-state index contributed by atoms with van der Waals surface area (Å²) in [6, 6.07) is 3.36. The molecule has 1 aromatic heterocycles. The first-order valence-corrected chi connectivity index (χ1v) is 5.75. The summed E-state index contributed by atoms with van der Waals surface area (Å²) in [4.78, 5) is 30.4. The highest BCUT2D eigenvalue weighted by atomic mass is 16.2. The van der Waals surface area contributed by atoms with Crippen LogP contribution in [0.5, 0.6) is 0 Å². The van der Waals surface area contributed by atoms with E-state index in [1.165, 1.54) is 0 Å². The summed E-state index contributed by atoms with van der Waals surface area (Å²) in [6.45, 7) is 4.88. The second-order valence-corrected chi connectivity index (χ2v) is 4.48. The first kappa shape index (κ1) is 11.9. The Morgan fingerprint density at radius 2 is 1.88 bits per heavy atom. The number of hydrogen-bond acceptors (Lipinski definition) is 3. The van der Waals surface area contributed by atoms with Gasteiger partial charge in [-0.25, -0.2) is 0 Å². The Bertz CT molecular complexity index is 473. The quantitative estimate of drug-likeness (QED) is 0.749. The van der Waals surface area contributed by atoms with Crippen LogP contribution in [-0.4, -0.2) is 53.9 Å². The summed E-state index contributed by atoms with van der Waals surface area (Å²) < 4.78 is 0. The van der Waals surface area contributed by atoms with Crippen molar-refractivity contribution in [3.8, 4) is 0 Å². The van der Waals surface area contributed by atoms with Gasteiger partial charge in [0.05, 0.1) is 0 Å². The lowest BCUT2D eigenvalue weighted by Crippen LogP contribution is -2.48. The van der Waals surface area contributed by atoms with Crippen LogP contribution in [0.15, 0.2) is 16.9 Å². The van der Waals surface area contributed by atoms with Gasteiger partial charge in [0.25, 0.3) is 11.5 Å². The van der Waals surface area contributed by atoms with Gasteiger partial charge >= 0.3 is 0 Å². The van der Waals surface area contributed by atoms with Crippen LogP contribution in [0.1, 0.15) is 16.1 Å². The molecule has 17 heavy (non-hydrogen) atoms. The SMILES string of the molecule is Cc1ccc(C(=O)N2CCN(C)CC2)c(=O)[nH]1. The number of piperazine rings is 1. The molecule has 0 aromatic carbocycles. The van der Waals surface area contributed by atoms with Gasteiger partial charge < -0.3 is 14.8 Å². The number of pyridine rings is 1. The predicted octanol–water partition coefficient (Wildman–Crippen LogP) is 0.0709. The summed E-state index contributed by atoms with van der Waals surface area (Å²) in [5.74, 6) is -0.167. The van der Waals surface area contributed by atoms with Gasteiger partial charge in [0.15, 0.2) is 0 Å². The Hall–Kier alpha value is -1.62. The van der Waals surface area contributed by atoms with Crippen LogP contribution in [0.3, 0.4) is 0 Å². The molecular formula is C12H17N3O2. The summed E-state index contributed by atoms with van der Waals surface area (Å²) >= 11 is 0. The van der Waals surface area contributed by atoms with Gasteiger partial charge in [-0.2, -0.15) is 0 Å². The molecular weight excluding hydrogens is 218 g/mol. The molecule has 1 saturated heterocycles. The highest BCUT2D eigenvalue weighted by molar-refractivity contribution is 5.93. The Morgan fingerprint density at radius 3 is 2.47 bits per heavy atom. The zero-order chi connectivity index (χ0) is 12.4. The number of aromatic nitrogens is 1. The topological polar surface area (TPSA) is 56.4 Å². The average Bonchev–Trinajstić information content (AvgIpc) is 2.29. The van der Waals surface area contributed by atoms with Gasteiger partial charge in [-0.1, -0.05) is 0 Å². The molecule has 5 heteroatoms. The minimum atomic E-state index is -0.297. The fraction of sp³-hybridized carbons (Fsp3) is 0.500. The molecule has 0 atom stereocenters. The Balaban J connectivity index is 2.17. The van der Waals surface area contributed by atoms with Crippen molar-refractivity contribution in [2.75, 3.05) is 33.2 Å². The maximum absolute atomic E-state index is 12.1. The van der Waals surface area contributed by atoms with Gasteiger partial charge in [0, 0.05) is 31.9 Å². The molecule has 0 unspecified atom stereocenters. The van der Waals surface area contributed by atoms with Crippen molar-refractivity contribution < 1.29 is 4.79 Å². The van der Waals surface area contributed by atoms with E-state index in [1.54, 1.807) is 24.0 Å². The van der Waals surface area contributed by atoms with Crippen LogP contribution in [0.4, 0.5) is 0 Å². The molecule has 1 aliphatic heterocycles. The highest BCUT2D eigenvalue weighted by Crippen LogP contribution is 2.04. The van der Waals surface area contributed by atoms with Crippen LogP contribution >= 0.6 is 0 Å². The third-order valence-corrected chi connectivity index (χ3v) is 3.08. The van der Waals surface area contributed by atoms with Crippen LogP contribution in [0.25, 0.3) is 0 Å². The van der Waals surface area contributed by atoms with Gasteiger partial charge in [0.1, 0.15) is 5.56 Å². The van der Waals surface area contributed by atoms with Crippen molar-refractivity contribution in [1.29, 1.82) is 0 Å². The molecule has 0 saturated carbocycles. The number of nitrogens with one attached hydrogen (secondary N) is 1. The van der Waals surface area contributed by atoms with E-state index in [0.29, 0.717) is 13.1 Å². The van der Waals surface area contributed by atoms with E-state index in [-0.39, 0.29) is 17.0 Å². The molecule has 1 amide bonds. The Morgan fingerprint density at radius 1 is 1.24 bits per heavy atom. The van der Waals surface area contributed by atoms with Gasteiger partial charge in [0.2, 0.25) is 0 Å². The molecule has 2 rings (SSSR count). The fourth-order valence-corrected chi connectivity index (χ4v) is 1.92. The predicted molar refractivity (Wildman–Crippen MR) is 65.2 cm³/mol. The van der Waals surface area contributed by atoms with Gasteiger partial charge in [-0.05, 0) is 26.1 Å². The molecule has 0 bridgehead atoms. The third-order valence-electron chi connectivity index (χ3n) is 3.08. The summed E-state index contributed by atoms with van der Waals surface area (Å²) in [5, 5.41) is 0. The van der Waals surface area contributed by atoms with E-state index in [2.05, 4.69) is 9.88 Å². The van der Waals surface area contributed by atoms with E-state index in [1.807, 2.05) is 7.05 Å². The van der Waals surface area contributed by atoms with Crippen molar-refractivity contribution in [3.05, 3.63) is 33.7 Å². The summed E-state index contributed by atoms with van der Waals surface area (Å²) in [5.41, 5.74) is 0.707. The van der Waals surface area contributed by atoms with Gasteiger partial charge in [-0.3, -0.25) is 9.59 Å². The van der Waals surface area contributed by atoms with E-state index < -0.39 is 0 Å². The largest absolute Gasteiger partial charge is 0.336 e. The second-order valence-electron chi connectivity index (χ2n) is 4.48. The molecule has 1 aliphatic rings. The molecule has 5 nitrogen and oxygen atoms in total. The molecule has 2 heterocycles. The first-order chi connectivity index (χ1) is 8.08. The third kappa shape index (κ3) is 2.55. The van der Waals surface area contributed by atoms with E-state index >= 15 is 0 Å². The van der Waals surface area contributed by atoms with Crippen LogP contribution < -0.4 is 5.56 Å². The zero-order valence-corrected chi connectivity index (χ0v) is 10.2. The van der Waals surface area contributed by atoms with Gasteiger partial charge in [-0.15, -0.1) is 0 Å². The maximum Gasteiger partial charge on any atom is 0.260 e. The lowest BCUT2D eigenvalue weighted by atomic mass is 10.2. The molecule has 92 valence electrons. The van der Waals surface area contributed by atoms with E-state index in [9.17, 15) is 9.59 Å². The fourth-order valence-electron chi connectivity index (χ4n) is 1.92. The summed E-state index contributed by atoms with van der Waals surface area (Å²) in [7, 11) is 2.03. The Kier molecular flexibility index (Phi) is 3.28. The minimum Gasteiger partial charge on any atom is -0.336 e. The van der Waals surface area contributed by atoms with Crippen LogP contribution in [-0.2, 0) is 0 Å². The number of aromatic amines is 1. The molecule has 0 spiro atoms. The van der Waals surface area contributed by atoms with E-state index in [4.69, 9.17) is 0 Å². The van der Waals surface area contributed by atoms with Crippen molar-refractivity contribution in [1.82, 2.24) is 14.8 Å². The number of nitrogens with zero attached hydrogens (tertiary/aromatic N) is 2. The number of rotatable bonds is 1. The lowest BCUT2D eigenvalue weighted by Gasteiger charge is -2.32. The summed E-state index contributed by atoms with van der Waals surface area (Å²) in [6.07, 6.45) is 0. The number of likely N-dealkylation sites (N-methyl/N-ethyl adjacent to an activating group) is 1. The smallest absolute Gasteiger partial charge is 0.260 e. The van der Waals surface area contributed by atoms with Crippen LogP contribution in [0, 0.1) is 6.92 Å². The maximum atomic E-state index is 12.1. The molecule has 0 aliphatic carbocycles. The van der Waals surface area contributed by atoms with Crippen molar-refractivity contribution in [2.24, 2.45) is 0 Å². The number of aryl methyl sites for hydroxylation is 1. The number of amides is 1. The Labute approximate surface area is 100 Å². The number of hydrogen-bond donors (Lipinski definition) is 1.